The van der Waals surface area contributed by atoms with Gasteiger partial charge in [-0.15, -0.1) is 39.1 Å². The Kier molecular flexibility index (Phi) is 16.4. The fraction of sp³-hybridized carbons (Fsp3) is 0.491. The van der Waals surface area contributed by atoms with Crippen LogP contribution in [0.2, 0.25) is 0 Å². The number of nitrogens with one attached hydrogen (secondary N) is 2. The minimum absolute atomic E-state index is 0.0766. The molecule has 4 aromatic heterocycles. The van der Waals surface area contributed by atoms with E-state index < -0.39 is 35.4 Å². The Hall–Kier alpha value is -5.53. The van der Waals surface area contributed by atoms with Gasteiger partial charge < -0.3 is 30.6 Å². The number of para-hydroxylation sites is 1. The maximum atomic E-state index is 14.3. The minimum Gasteiger partial charge on any atom is -0.476 e. The lowest BCUT2D eigenvalue weighted by molar-refractivity contribution is -0.137. The number of ketones is 1. The second kappa shape index (κ2) is 22.5. The second-order valence-electron chi connectivity index (χ2n) is 20.2. The van der Waals surface area contributed by atoms with E-state index in [0.717, 1.165) is 103 Å². The average molecular weight is 1020 g/mol. The number of anilines is 2. The molecular weight excluding hydrogens is 955 g/mol. The summed E-state index contributed by atoms with van der Waals surface area (Å²) in [6.45, 7) is 13.8. The van der Waals surface area contributed by atoms with Crippen LogP contribution >= 0.6 is 34.0 Å². The molecule has 0 saturated heterocycles. The number of hydrogen-bond acceptors (Lipinski definition) is 15. The van der Waals surface area contributed by atoms with Gasteiger partial charge in [0.1, 0.15) is 0 Å². The standard InChI is InChI=1S/C53H65N9O6S3/c1-30-36-14-12-25-62(49(36)60-59-40(30)28-44-56-39-15-8-9-16-41(39)70-44)52-58-45(51(67)68)42(71-52)17-13-24-61(7)23-11-10-18-43(64)57-48(53(4,5)6)46(65)37-26-35(63)27-38(37)50(66)55-31(2)33-19-21-34(22-20-33)47-32(3)54-29-69-47/h8-9,15-16,19-22,29,31,35,37-38,48,63H,10-14,17-18,23-28H2,1-7H3,(H,55,66)(H,57,64)(H,67,68)/t31-,35-,37?,38?,48-/m1/s1. The molecule has 18 heteroatoms. The molecule has 6 aromatic rings. The molecule has 1 aliphatic heterocycles. The number of nitrogens with zero attached hydrogens (tertiary/aromatic N) is 7. The van der Waals surface area contributed by atoms with E-state index in [2.05, 4.69) is 48.7 Å². The van der Waals surface area contributed by atoms with Gasteiger partial charge in [-0.3, -0.25) is 14.4 Å². The van der Waals surface area contributed by atoms with Gasteiger partial charge in [0.25, 0.3) is 0 Å². The summed E-state index contributed by atoms with van der Waals surface area (Å²) in [5.41, 5.74) is 8.32. The second-order valence-corrected chi connectivity index (χ2v) is 23.3. The van der Waals surface area contributed by atoms with Crippen LogP contribution in [-0.4, -0.2) is 103 Å². The number of aromatic nitrogens is 5. The third-order valence-corrected chi connectivity index (χ3v) is 17.0. The quantitative estimate of drug-likeness (QED) is 0.0528. The van der Waals surface area contributed by atoms with Gasteiger partial charge in [0.05, 0.1) is 61.1 Å². The fourth-order valence-electron chi connectivity index (χ4n) is 9.88. The van der Waals surface area contributed by atoms with Gasteiger partial charge in [-0.2, -0.15) is 5.10 Å². The maximum absolute atomic E-state index is 14.3. The molecule has 2 aliphatic rings. The van der Waals surface area contributed by atoms with Crippen molar-refractivity contribution in [3.05, 3.63) is 97.7 Å². The molecule has 2 amide bonds. The topological polar surface area (TPSA) is 204 Å². The van der Waals surface area contributed by atoms with Crippen LogP contribution in [0.15, 0.2) is 54.0 Å². The minimum atomic E-state index is -1.05. The van der Waals surface area contributed by atoms with Crippen molar-refractivity contribution < 1.29 is 29.4 Å². The molecule has 4 N–H and O–H groups in total. The van der Waals surface area contributed by atoms with Crippen molar-refractivity contribution in [2.75, 3.05) is 31.6 Å². The Morgan fingerprint density at radius 1 is 0.930 bits per heavy atom. The monoisotopic (exact) mass is 1020 g/mol. The first-order chi connectivity index (χ1) is 33.9. The van der Waals surface area contributed by atoms with Gasteiger partial charge in [-0.25, -0.2) is 19.7 Å². The summed E-state index contributed by atoms with van der Waals surface area (Å²) in [6.07, 6.45) is 4.80. The van der Waals surface area contributed by atoms with Crippen LogP contribution in [0.1, 0.15) is 127 Å². The zero-order chi connectivity index (χ0) is 50.6. The van der Waals surface area contributed by atoms with E-state index >= 15 is 0 Å². The van der Waals surface area contributed by atoms with Crippen LogP contribution in [0.5, 0.6) is 0 Å². The SMILES string of the molecule is Cc1ncsc1-c1ccc([C@@H](C)NC(=O)C2C[C@H](O)CC2C(=O)[C@@H](NC(=O)CCCCN(C)CCCc2sc(N3CCCc4c3nnc(Cc3nc5ccccc5s3)c4C)nc2C(=O)O)C(C)(C)C)cc1. The van der Waals surface area contributed by atoms with Crippen molar-refractivity contribution in [3.8, 4) is 10.4 Å². The summed E-state index contributed by atoms with van der Waals surface area (Å²) in [5.74, 6) is -2.49. The van der Waals surface area contributed by atoms with Crippen LogP contribution in [0.4, 0.5) is 10.9 Å². The Balaban J connectivity index is 0.798. The molecular formula is C53H65N9O6S3. The van der Waals surface area contributed by atoms with Gasteiger partial charge in [-0.05, 0) is 127 Å². The number of carbonyl (C=O) groups excluding carboxylic acids is 3. The van der Waals surface area contributed by atoms with Crippen LogP contribution in [0.3, 0.4) is 0 Å². The summed E-state index contributed by atoms with van der Waals surface area (Å²) in [6, 6.07) is 15.0. The number of hydrogen-bond donors (Lipinski definition) is 4. The van der Waals surface area contributed by atoms with E-state index in [1.165, 1.54) is 11.3 Å². The molecule has 5 atom stereocenters. The first kappa shape index (κ1) is 51.8. The van der Waals surface area contributed by atoms with Crippen molar-refractivity contribution in [2.45, 2.75) is 124 Å². The molecule has 1 saturated carbocycles. The zero-order valence-corrected chi connectivity index (χ0v) is 44.1. The van der Waals surface area contributed by atoms with Crippen molar-refractivity contribution in [2.24, 2.45) is 17.3 Å². The lowest BCUT2D eigenvalue weighted by atomic mass is 9.77. The lowest BCUT2D eigenvalue weighted by Crippen LogP contribution is -2.52. The van der Waals surface area contributed by atoms with Crippen LogP contribution in [0, 0.1) is 31.1 Å². The van der Waals surface area contributed by atoms with Crippen molar-refractivity contribution in [1.82, 2.24) is 40.7 Å². The molecule has 1 fully saturated rings. The summed E-state index contributed by atoms with van der Waals surface area (Å²) < 4.78 is 1.14. The lowest BCUT2D eigenvalue weighted by Gasteiger charge is -2.33. The average Bonchev–Trinajstić information content (AvgIpc) is 4.16. The first-order valence-electron chi connectivity index (χ1n) is 24.7. The summed E-state index contributed by atoms with van der Waals surface area (Å²) in [7, 11) is 2.02. The highest BCUT2D eigenvalue weighted by Crippen LogP contribution is 2.40. The van der Waals surface area contributed by atoms with Crippen LogP contribution < -0.4 is 15.5 Å². The van der Waals surface area contributed by atoms with Crippen molar-refractivity contribution in [1.29, 1.82) is 0 Å². The van der Waals surface area contributed by atoms with Gasteiger partial charge in [0, 0.05) is 35.7 Å². The molecule has 71 heavy (non-hydrogen) atoms. The van der Waals surface area contributed by atoms with Crippen LogP contribution in [-0.2, 0) is 33.6 Å². The number of amides is 2. The molecule has 376 valence electrons. The molecule has 2 unspecified atom stereocenters. The number of carbonyl (C=O) groups is 4. The largest absolute Gasteiger partial charge is 0.476 e. The molecule has 0 bridgehead atoms. The van der Waals surface area contributed by atoms with Crippen molar-refractivity contribution >= 4 is 78.7 Å². The van der Waals surface area contributed by atoms with Crippen LogP contribution in [0.25, 0.3) is 20.7 Å². The summed E-state index contributed by atoms with van der Waals surface area (Å²) in [4.78, 5) is 73.7. The molecule has 15 nitrogen and oxygen atoms in total. The van der Waals surface area contributed by atoms with Gasteiger partial charge in [0.15, 0.2) is 22.4 Å². The number of aliphatic hydroxyl groups is 1. The number of unbranched alkanes of at least 4 members (excludes halogenated alkanes) is 1. The third-order valence-electron chi connectivity index (χ3n) is 13.9. The van der Waals surface area contributed by atoms with E-state index in [-0.39, 0.29) is 48.6 Å². The third kappa shape index (κ3) is 12.2. The summed E-state index contributed by atoms with van der Waals surface area (Å²) >= 11 is 4.66. The number of fused-ring (bicyclic) bond motifs is 2. The highest BCUT2D eigenvalue weighted by Gasteiger charge is 2.47. The number of carboxylic acid groups (broad SMARTS) is 1. The fourth-order valence-corrected chi connectivity index (χ4v) is 12.8. The Labute approximate surface area is 427 Å². The maximum Gasteiger partial charge on any atom is 0.355 e. The molecule has 1 aliphatic carbocycles. The zero-order valence-electron chi connectivity index (χ0n) is 41.7. The Bertz CT molecular complexity index is 2840. The molecule has 8 rings (SSSR count). The normalized spacial score (nSPS) is 17.9. The smallest absolute Gasteiger partial charge is 0.355 e. The molecule has 5 heterocycles. The molecule has 0 radical (unpaired) electrons. The highest BCUT2D eigenvalue weighted by molar-refractivity contribution is 7.18. The van der Waals surface area contributed by atoms with E-state index in [4.69, 9.17) is 4.98 Å². The van der Waals surface area contributed by atoms with Gasteiger partial charge in [0.2, 0.25) is 11.8 Å². The summed E-state index contributed by atoms with van der Waals surface area (Å²) in [5, 5.41) is 38.0. The first-order valence-corrected chi connectivity index (χ1v) is 27.2. The number of thiazole rings is 3. The number of aryl methyl sites for hydroxylation is 2. The molecule has 2 aromatic carbocycles. The molecule has 0 spiro atoms. The predicted molar refractivity (Wildman–Crippen MR) is 281 cm³/mol. The Morgan fingerprint density at radius 3 is 2.39 bits per heavy atom. The van der Waals surface area contributed by atoms with E-state index in [1.54, 1.807) is 22.7 Å². The highest BCUT2D eigenvalue weighted by atomic mass is 32.1. The number of carboxylic acids is 1. The van der Waals surface area contributed by atoms with Gasteiger partial charge >= 0.3 is 5.97 Å². The number of benzene rings is 2. The number of Topliss-reactive ketones (excluding diaryl/α,β-unsaturated/α-hetero) is 1. The number of aliphatic hydroxyl groups excluding tert-OH is 1. The van der Waals surface area contributed by atoms with E-state index in [0.29, 0.717) is 30.9 Å². The van der Waals surface area contributed by atoms with E-state index in [9.17, 15) is 29.4 Å². The van der Waals surface area contributed by atoms with E-state index in [1.807, 2.05) is 94.5 Å². The van der Waals surface area contributed by atoms with Gasteiger partial charge in [-0.1, -0.05) is 57.2 Å². The number of aromatic carboxylic acids is 1. The Morgan fingerprint density at radius 2 is 1.68 bits per heavy atom. The number of rotatable bonds is 20. The van der Waals surface area contributed by atoms with Crippen molar-refractivity contribution in [3.63, 3.8) is 0 Å². The predicted octanol–water partition coefficient (Wildman–Crippen LogP) is 9.06.